The molecule has 1 unspecified atom stereocenters. The Morgan fingerprint density at radius 2 is 1.93 bits per heavy atom. The van der Waals surface area contributed by atoms with Crippen LogP contribution < -0.4 is 9.64 Å². The van der Waals surface area contributed by atoms with Gasteiger partial charge in [0.1, 0.15) is 18.3 Å². The molecule has 0 N–H and O–H groups in total. The summed E-state index contributed by atoms with van der Waals surface area (Å²) in [5, 5.41) is 23.9. The molecule has 0 bridgehead atoms. The molecule has 204 valence electrons. The van der Waals surface area contributed by atoms with Gasteiger partial charge in [0, 0.05) is 29.4 Å². The maximum atomic E-state index is 13.6. The number of anilines is 1. The van der Waals surface area contributed by atoms with Gasteiger partial charge in [-0.1, -0.05) is 28.9 Å². The normalized spacial score (nSPS) is 15.1. The molecule has 0 radical (unpaired) electrons. The quantitative estimate of drug-likeness (QED) is 0.291. The van der Waals surface area contributed by atoms with Gasteiger partial charge in [0.2, 0.25) is 11.7 Å². The van der Waals surface area contributed by atoms with Gasteiger partial charge in [-0.3, -0.25) is 9.58 Å². The Labute approximate surface area is 229 Å². The van der Waals surface area contributed by atoms with E-state index in [4.69, 9.17) is 16.1 Å². The van der Waals surface area contributed by atoms with Crippen LogP contribution in [0.15, 0.2) is 70.5 Å². The molecule has 0 fully saturated rings. The Bertz CT molecular complexity index is 1590. The van der Waals surface area contributed by atoms with Crippen LogP contribution >= 0.6 is 11.6 Å². The van der Waals surface area contributed by atoms with Crippen molar-refractivity contribution in [2.75, 3.05) is 18.0 Å². The Balaban J connectivity index is 1.45. The van der Waals surface area contributed by atoms with E-state index in [2.05, 4.69) is 25.1 Å². The number of benzene rings is 2. The number of ether oxygens (including phenoxy) is 1. The van der Waals surface area contributed by atoms with Gasteiger partial charge >= 0.3 is 12.4 Å². The van der Waals surface area contributed by atoms with Crippen molar-refractivity contribution in [3.05, 3.63) is 77.4 Å². The molecule has 2 aromatic heterocycles. The molecule has 0 saturated heterocycles. The third-order valence-electron chi connectivity index (χ3n) is 5.80. The average molecular weight is 571 g/mol. The Morgan fingerprint density at radius 1 is 1.20 bits per heavy atom. The number of nitrogens with zero attached hydrogens (tertiary/aromatic N) is 8. The van der Waals surface area contributed by atoms with Crippen LogP contribution in [0.2, 0.25) is 5.02 Å². The van der Waals surface area contributed by atoms with Crippen LogP contribution in [0.25, 0.3) is 11.4 Å². The van der Waals surface area contributed by atoms with E-state index in [1.54, 1.807) is 48.3 Å². The van der Waals surface area contributed by atoms with E-state index < -0.39 is 24.2 Å². The molecule has 0 spiro atoms. The van der Waals surface area contributed by atoms with Crippen molar-refractivity contribution in [1.82, 2.24) is 24.9 Å². The van der Waals surface area contributed by atoms with E-state index in [9.17, 15) is 23.2 Å². The number of carbonyl (C=O) groups excluding carboxylic acids is 1. The van der Waals surface area contributed by atoms with Crippen molar-refractivity contribution in [3.8, 4) is 23.2 Å². The fourth-order valence-corrected chi connectivity index (χ4v) is 4.16. The monoisotopic (exact) mass is 570 g/mol. The van der Waals surface area contributed by atoms with Crippen molar-refractivity contribution in [1.29, 1.82) is 5.26 Å². The molecular formula is C25H18ClF3N8O3. The Morgan fingerprint density at radius 3 is 2.55 bits per heavy atom. The molecule has 40 heavy (non-hydrogen) atoms. The summed E-state index contributed by atoms with van der Waals surface area (Å²) in [7, 11) is 0. The second-order valence-corrected chi connectivity index (χ2v) is 8.94. The number of hydrogen-bond donors (Lipinski definition) is 0. The third-order valence-corrected chi connectivity index (χ3v) is 6.05. The smallest absolute Gasteiger partial charge is 0.406 e. The van der Waals surface area contributed by atoms with Crippen molar-refractivity contribution >= 4 is 29.0 Å². The summed E-state index contributed by atoms with van der Waals surface area (Å²) in [4.78, 5) is 18.9. The van der Waals surface area contributed by atoms with Gasteiger partial charge in [-0.15, -0.1) is 13.2 Å². The fraction of sp³-hybridized carbons (Fsp3) is 0.200. The number of alkyl halides is 3. The van der Waals surface area contributed by atoms with Crippen LogP contribution in [0.3, 0.4) is 0 Å². The second kappa shape index (κ2) is 10.7. The molecule has 4 aromatic rings. The predicted molar refractivity (Wildman–Crippen MR) is 135 cm³/mol. The van der Waals surface area contributed by atoms with Crippen molar-refractivity contribution < 1.29 is 27.2 Å². The number of carbonyl (C=O) groups is 1. The number of halogens is 4. The van der Waals surface area contributed by atoms with E-state index >= 15 is 0 Å². The van der Waals surface area contributed by atoms with Gasteiger partial charge in [0.05, 0.1) is 30.1 Å². The Kier molecular flexibility index (Phi) is 7.14. The minimum absolute atomic E-state index is 0.0420. The Hall–Kier alpha value is -4.90. The second-order valence-electron chi connectivity index (χ2n) is 8.50. The van der Waals surface area contributed by atoms with Crippen LogP contribution in [0.1, 0.15) is 17.5 Å². The number of urea groups is 1. The number of aryl methyl sites for hydroxylation is 1. The molecule has 15 heteroatoms. The molecule has 2 amide bonds. The first-order valence-corrected chi connectivity index (χ1v) is 12.0. The van der Waals surface area contributed by atoms with Gasteiger partial charge in [0.15, 0.2) is 0 Å². The molecular weight excluding hydrogens is 553 g/mol. The minimum atomic E-state index is -4.87. The summed E-state index contributed by atoms with van der Waals surface area (Å²) in [6.07, 6.45) is -1.61. The van der Waals surface area contributed by atoms with Crippen molar-refractivity contribution in [3.63, 3.8) is 0 Å². The number of aromatic nitrogens is 4. The van der Waals surface area contributed by atoms with E-state index in [1.165, 1.54) is 17.1 Å². The first-order chi connectivity index (χ1) is 19.1. The highest BCUT2D eigenvalue weighted by Gasteiger charge is 2.36. The summed E-state index contributed by atoms with van der Waals surface area (Å²) < 4.78 is 48.2. The highest BCUT2D eigenvalue weighted by Crippen LogP contribution is 2.30. The molecule has 2 aromatic carbocycles. The fourth-order valence-electron chi connectivity index (χ4n) is 4.04. The molecule has 1 atom stereocenters. The van der Waals surface area contributed by atoms with E-state index in [0.29, 0.717) is 33.6 Å². The van der Waals surface area contributed by atoms with E-state index in [-0.39, 0.29) is 18.8 Å². The SMILES string of the molecule is Cc1nc(-c2cnn(C3CN(C(=O)N(CC#N)c4ccc(OC(F)(F)F)cc4)N=C3c3ccc(Cl)cc3)c2)no1. The van der Waals surface area contributed by atoms with Crippen LogP contribution in [0.4, 0.5) is 23.7 Å². The van der Waals surface area contributed by atoms with Gasteiger partial charge in [0.25, 0.3) is 0 Å². The lowest BCUT2D eigenvalue weighted by Crippen LogP contribution is -2.41. The third kappa shape index (κ3) is 5.74. The molecule has 11 nitrogen and oxygen atoms in total. The summed E-state index contributed by atoms with van der Waals surface area (Å²) in [5.41, 5.74) is 1.94. The number of rotatable bonds is 6. The maximum absolute atomic E-state index is 13.6. The zero-order chi connectivity index (χ0) is 28.4. The topological polar surface area (TPSA) is 126 Å². The van der Waals surface area contributed by atoms with Gasteiger partial charge in [-0.05, 0) is 36.4 Å². The van der Waals surface area contributed by atoms with Crippen LogP contribution in [0, 0.1) is 18.3 Å². The zero-order valence-corrected chi connectivity index (χ0v) is 21.3. The number of amides is 2. The summed E-state index contributed by atoms with van der Waals surface area (Å²) in [5.74, 6) is 0.272. The summed E-state index contributed by atoms with van der Waals surface area (Å²) >= 11 is 6.06. The predicted octanol–water partition coefficient (Wildman–Crippen LogP) is 5.20. The average Bonchev–Trinajstić information content (AvgIpc) is 3.66. The minimum Gasteiger partial charge on any atom is -0.406 e. The molecule has 1 aliphatic heterocycles. The van der Waals surface area contributed by atoms with Crippen molar-refractivity contribution in [2.24, 2.45) is 5.10 Å². The van der Waals surface area contributed by atoms with Crippen molar-refractivity contribution in [2.45, 2.75) is 19.3 Å². The molecule has 3 heterocycles. The maximum Gasteiger partial charge on any atom is 0.573 e. The largest absolute Gasteiger partial charge is 0.573 e. The number of nitriles is 1. The molecule has 0 saturated carbocycles. The lowest BCUT2D eigenvalue weighted by molar-refractivity contribution is -0.274. The van der Waals surface area contributed by atoms with Gasteiger partial charge in [-0.2, -0.15) is 20.4 Å². The van der Waals surface area contributed by atoms with Gasteiger partial charge < -0.3 is 9.26 Å². The molecule has 1 aliphatic rings. The first kappa shape index (κ1) is 26.7. The van der Waals surface area contributed by atoms with Crippen LogP contribution in [0.5, 0.6) is 5.75 Å². The number of hydrogen-bond acceptors (Lipinski definition) is 8. The van der Waals surface area contributed by atoms with E-state index in [1.807, 2.05) is 6.07 Å². The van der Waals surface area contributed by atoms with Crippen LogP contribution in [-0.2, 0) is 0 Å². The highest BCUT2D eigenvalue weighted by molar-refractivity contribution is 6.30. The molecule has 5 rings (SSSR count). The first-order valence-electron chi connectivity index (χ1n) is 11.6. The van der Waals surface area contributed by atoms with Crippen LogP contribution in [-0.4, -0.2) is 56.1 Å². The number of hydrazone groups is 1. The standard InChI is InChI=1S/C25H18ClF3N8O3/c1-15-32-23(34-40-15)17-12-31-36(13-17)21-14-37(33-22(21)16-2-4-18(26)5-3-16)24(38)35(11-10-30)19-6-8-20(9-7-19)39-25(27,28)29/h2-9,12-13,21H,11,14H2,1H3. The lowest BCUT2D eigenvalue weighted by Gasteiger charge is -2.24. The molecule has 0 aliphatic carbocycles. The summed E-state index contributed by atoms with van der Waals surface area (Å²) in [6, 6.07) is 12.2. The zero-order valence-electron chi connectivity index (χ0n) is 20.6. The lowest BCUT2D eigenvalue weighted by atomic mass is 10.0. The summed E-state index contributed by atoms with van der Waals surface area (Å²) in [6.45, 7) is 1.32. The highest BCUT2D eigenvalue weighted by atomic mass is 35.5. The van der Waals surface area contributed by atoms with Gasteiger partial charge in [-0.25, -0.2) is 9.80 Å². The van der Waals surface area contributed by atoms with E-state index in [0.717, 1.165) is 17.0 Å².